The van der Waals surface area contributed by atoms with Crippen molar-refractivity contribution in [1.29, 1.82) is 0 Å². The van der Waals surface area contributed by atoms with Crippen LogP contribution in [0.1, 0.15) is 53.8 Å². The molecule has 11 heteroatoms. The van der Waals surface area contributed by atoms with E-state index in [2.05, 4.69) is 21.4 Å². The van der Waals surface area contributed by atoms with Crippen molar-refractivity contribution in [3.8, 4) is 0 Å². The van der Waals surface area contributed by atoms with Gasteiger partial charge in [0.1, 0.15) is 5.82 Å². The molecule has 2 aliphatic carbocycles. The Morgan fingerprint density at radius 2 is 1.65 bits per heavy atom. The minimum atomic E-state index is -4.75. The summed E-state index contributed by atoms with van der Waals surface area (Å²) in [5.41, 5.74) is 5.17. The summed E-state index contributed by atoms with van der Waals surface area (Å²) in [6.45, 7) is 2.40. The molecule has 34 heavy (non-hydrogen) atoms. The molecular formula is C23H28N5O5S-. The molecule has 1 aromatic carbocycles. The van der Waals surface area contributed by atoms with E-state index in [4.69, 9.17) is 4.74 Å². The van der Waals surface area contributed by atoms with Gasteiger partial charge in [0.15, 0.2) is 0 Å². The number of aryl methyl sites for hydroxylation is 3. The molecule has 0 bridgehead atoms. The largest absolute Gasteiger partial charge is 0.740 e. The number of rotatable bonds is 5. The maximum atomic E-state index is 13.5. The lowest BCUT2D eigenvalue weighted by Crippen LogP contribution is -2.51. The molecule has 0 spiro atoms. The number of aromatic nitrogens is 2. The van der Waals surface area contributed by atoms with Crippen molar-refractivity contribution in [2.24, 2.45) is 0 Å². The molecule has 1 N–H and O–H groups in total. The van der Waals surface area contributed by atoms with Gasteiger partial charge in [0.05, 0.1) is 24.1 Å². The molecule has 0 saturated carbocycles. The molecule has 0 unspecified atom stereocenters. The third-order valence-corrected chi connectivity index (χ3v) is 8.46. The average molecular weight is 487 g/mol. The van der Waals surface area contributed by atoms with Gasteiger partial charge in [-0.2, -0.15) is 8.42 Å². The zero-order chi connectivity index (χ0) is 23.9. The summed E-state index contributed by atoms with van der Waals surface area (Å²) in [5, 5.41) is 15.8. The van der Waals surface area contributed by atoms with Gasteiger partial charge in [-0.15, -0.1) is 0 Å². The Labute approximate surface area is 199 Å². The van der Waals surface area contributed by atoms with E-state index in [1.165, 1.54) is 23.5 Å². The highest BCUT2D eigenvalue weighted by atomic mass is 32.2. The van der Waals surface area contributed by atoms with Crippen LogP contribution >= 0.6 is 0 Å². The van der Waals surface area contributed by atoms with Crippen LogP contribution in [0.4, 0.5) is 16.2 Å². The van der Waals surface area contributed by atoms with Crippen molar-refractivity contribution in [2.75, 3.05) is 22.8 Å². The second kappa shape index (κ2) is 9.12. The van der Waals surface area contributed by atoms with E-state index >= 15 is 0 Å². The molecule has 1 fully saturated rings. The van der Waals surface area contributed by atoms with Crippen LogP contribution in [-0.4, -0.2) is 48.1 Å². The number of hydroxylamine groups is 1. The highest BCUT2D eigenvalue weighted by Crippen LogP contribution is 2.39. The molecule has 0 radical (unpaired) electrons. The molecule has 1 saturated heterocycles. The maximum absolute atomic E-state index is 13.5. The average Bonchev–Trinajstić information content (AvgIpc) is 3.50. The number of anilines is 2. The number of ether oxygens (including phenoxy) is 1. The quantitative estimate of drug-likeness (QED) is 0.643. The minimum absolute atomic E-state index is 0.146. The number of amides is 2. The summed E-state index contributed by atoms with van der Waals surface area (Å²) < 4.78 is 32.9. The van der Waals surface area contributed by atoms with Crippen molar-refractivity contribution in [1.82, 2.24) is 14.4 Å². The summed E-state index contributed by atoms with van der Waals surface area (Å²) in [6, 6.07) is 0.454. The second-order valence-electron chi connectivity index (χ2n) is 9.03. The van der Waals surface area contributed by atoms with E-state index < -0.39 is 26.8 Å². The summed E-state index contributed by atoms with van der Waals surface area (Å²) in [7, 11) is -4.75. The number of nitrogens with zero attached hydrogens (tertiary/aromatic N) is 4. The number of carbonyl (C=O) groups is 1. The van der Waals surface area contributed by atoms with Crippen LogP contribution < -0.4 is 9.62 Å². The van der Waals surface area contributed by atoms with Gasteiger partial charge in [-0.05, 0) is 80.5 Å². The number of fused-ring (bicyclic) bond motifs is 2. The monoisotopic (exact) mass is 486 g/mol. The Kier molecular flexibility index (Phi) is 6.17. The van der Waals surface area contributed by atoms with Gasteiger partial charge >= 0.3 is 16.2 Å². The lowest BCUT2D eigenvalue weighted by atomic mass is 9.99. The van der Waals surface area contributed by atoms with Crippen LogP contribution in [0.5, 0.6) is 0 Å². The number of hydrogen-bond acceptors (Lipinski definition) is 7. The van der Waals surface area contributed by atoms with Crippen LogP contribution in [0.15, 0.2) is 18.5 Å². The third-order valence-electron chi connectivity index (χ3n) is 6.87. The van der Waals surface area contributed by atoms with Crippen molar-refractivity contribution in [3.63, 3.8) is 0 Å². The lowest BCUT2D eigenvalue weighted by molar-refractivity contribution is 0.0874. The topological polar surface area (TPSA) is 128 Å². The Hall–Kier alpha value is -2.76. The Morgan fingerprint density at radius 3 is 2.24 bits per heavy atom. The van der Waals surface area contributed by atoms with Crippen LogP contribution in [0.2, 0.25) is 0 Å². The predicted molar refractivity (Wildman–Crippen MR) is 127 cm³/mol. The van der Waals surface area contributed by atoms with Gasteiger partial charge in [0, 0.05) is 18.9 Å². The van der Waals surface area contributed by atoms with Crippen LogP contribution in [0, 0.1) is 12.1 Å². The molecule has 1 aliphatic heterocycles. The van der Waals surface area contributed by atoms with Crippen molar-refractivity contribution in [3.05, 3.63) is 51.7 Å². The smallest absolute Gasteiger partial charge is 0.326 e. The van der Waals surface area contributed by atoms with Gasteiger partial charge < -0.3 is 15.3 Å². The molecule has 1 aromatic heterocycles. The molecule has 2 amide bonds. The first-order chi connectivity index (χ1) is 16.4. The Balaban J connectivity index is 1.46. The van der Waals surface area contributed by atoms with Crippen molar-refractivity contribution >= 4 is 27.6 Å². The molecule has 10 nitrogen and oxygen atoms in total. The molecule has 2 aromatic rings. The van der Waals surface area contributed by atoms with Gasteiger partial charge in [-0.25, -0.2) is 19.1 Å². The fraction of sp³-hybridized carbons (Fsp3) is 0.522. The minimum Gasteiger partial charge on any atom is -0.740 e. The third kappa shape index (κ3) is 4.12. The molecular weight excluding hydrogens is 458 g/mol. The van der Waals surface area contributed by atoms with E-state index in [9.17, 15) is 18.4 Å². The fourth-order valence-electron chi connectivity index (χ4n) is 5.26. The lowest BCUT2D eigenvalue weighted by Gasteiger charge is -2.40. The van der Waals surface area contributed by atoms with E-state index in [1.807, 2.05) is 0 Å². The number of carbonyl (C=O) groups excluding carboxylic acids is 1. The fourth-order valence-corrected chi connectivity index (χ4v) is 6.62. The zero-order valence-corrected chi connectivity index (χ0v) is 19.9. The number of nitrogens with one attached hydrogen (secondary N) is 1. The van der Waals surface area contributed by atoms with Gasteiger partial charge in [0.25, 0.3) is 0 Å². The van der Waals surface area contributed by atoms with Gasteiger partial charge in [-0.3, -0.25) is 4.47 Å². The molecule has 0 atom stereocenters. The number of benzene rings is 1. The molecule has 3 aliphatic rings. The first kappa shape index (κ1) is 23.0. The van der Waals surface area contributed by atoms with Crippen LogP contribution in [0.3, 0.4) is 0 Å². The summed E-state index contributed by atoms with van der Waals surface area (Å²) >= 11 is 0. The van der Waals surface area contributed by atoms with Crippen molar-refractivity contribution < 1.29 is 17.9 Å². The summed E-state index contributed by atoms with van der Waals surface area (Å²) in [5.74, 6) is 0.469. The standard InChI is InChI=1S/C23H28N5O5S/c1-15-24-13-19(14-25-15)27(18-8-10-33-11-9-18)34(31,32)28(30)23(29)26-22-20-6-2-4-16(20)12-17-5-3-7-21(17)22/h12-14,18H,2-11H2,1H3,(H,26,29)/q-1. The van der Waals surface area contributed by atoms with Crippen molar-refractivity contribution in [2.45, 2.75) is 64.3 Å². The second-order valence-corrected chi connectivity index (χ2v) is 10.6. The van der Waals surface area contributed by atoms with Gasteiger partial charge in [-0.1, -0.05) is 6.07 Å². The van der Waals surface area contributed by atoms with E-state index in [0.717, 1.165) is 54.0 Å². The predicted octanol–water partition coefficient (Wildman–Crippen LogP) is 3.02. The summed E-state index contributed by atoms with van der Waals surface area (Å²) in [6.07, 6.45) is 8.92. The zero-order valence-electron chi connectivity index (χ0n) is 19.1. The first-order valence-electron chi connectivity index (χ1n) is 11.7. The van der Waals surface area contributed by atoms with E-state index in [1.54, 1.807) is 6.92 Å². The van der Waals surface area contributed by atoms with Crippen LogP contribution in [0.25, 0.3) is 0 Å². The highest BCUT2D eigenvalue weighted by Gasteiger charge is 2.36. The SMILES string of the molecule is Cc1ncc(N(C2CCOCC2)S(=O)(=O)N([O-])C(=O)Nc2c3c(cc4c2CCC4)CCC3)cn1. The Bertz CT molecular complexity index is 1160. The summed E-state index contributed by atoms with van der Waals surface area (Å²) in [4.78, 5) is 21.3. The maximum Gasteiger partial charge on any atom is 0.326 e. The number of hydrogen-bond donors (Lipinski definition) is 1. The highest BCUT2D eigenvalue weighted by molar-refractivity contribution is 7.91. The first-order valence-corrected chi connectivity index (χ1v) is 13.1. The molecule has 2 heterocycles. The van der Waals surface area contributed by atoms with E-state index in [-0.39, 0.29) is 5.69 Å². The Morgan fingerprint density at radius 1 is 1.06 bits per heavy atom. The molecule has 182 valence electrons. The molecule has 5 rings (SSSR count). The number of urea groups is 1. The van der Waals surface area contributed by atoms with Crippen LogP contribution in [-0.2, 0) is 40.6 Å². The van der Waals surface area contributed by atoms with Gasteiger partial charge in [0.2, 0.25) is 0 Å². The normalized spacial score (nSPS) is 17.8. The van der Waals surface area contributed by atoms with E-state index in [0.29, 0.717) is 37.6 Å².